The highest BCUT2D eigenvalue weighted by atomic mass is 16.2. The van der Waals surface area contributed by atoms with Crippen molar-refractivity contribution in [3.05, 3.63) is 24.3 Å². The number of carbonyl (C=O) groups is 1. The van der Waals surface area contributed by atoms with Gasteiger partial charge in [-0.25, -0.2) is 0 Å². The SMILES string of the molecule is CC1=Nc2ccccc2N(C)C(=O)C12CCCC2. The lowest BCUT2D eigenvalue weighted by Crippen LogP contribution is -2.43. The van der Waals surface area contributed by atoms with Gasteiger partial charge in [0.25, 0.3) is 0 Å². The Balaban J connectivity index is 2.18. The predicted octanol–water partition coefficient (Wildman–Crippen LogP) is 3.32. The smallest absolute Gasteiger partial charge is 0.238 e. The molecule has 1 heterocycles. The van der Waals surface area contributed by atoms with Crippen molar-refractivity contribution in [3.8, 4) is 0 Å². The van der Waals surface area contributed by atoms with E-state index in [2.05, 4.69) is 0 Å². The summed E-state index contributed by atoms with van der Waals surface area (Å²) in [6, 6.07) is 7.88. The monoisotopic (exact) mass is 242 g/mol. The molecule has 3 nitrogen and oxygen atoms in total. The second-order valence-corrected chi connectivity index (χ2v) is 5.34. The molecule has 18 heavy (non-hydrogen) atoms. The normalized spacial score (nSPS) is 21.8. The van der Waals surface area contributed by atoms with Gasteiger partial charge in [0.1, 0.15) is 0 Å². The highest BCUT2D eigenvalue weighted by molar-refractivity contribution is 6.16. The summed E-state index contributed by atoms with van der Waals surface area (Å²) in [5, 5.41) is 0. The van der Waals surface area contributed by atoms with Crippen LogP contribution in [0.3, 0.4) is 0 Å². The van der Waals surface area contributed by atoms with Crippen molar-refractivity contribution in [2.45, 2.75) is 32.6 Å². The average molecular weight is 242 g/mol. The maximum Gasteiger partial charge on any atom is 0.238 e. The molecule has 0 N–H and O–H groups in total. The van der Waals surface area contributed by atoms with Crippen LogP contribution in [-0.2, 0) is 4.79 Å². The lowest BCUT2D eigenvalue weighted by Gasteiger charge is -2.30. The van der Waals surface area contributed by atoms with E-state index < -0.39 is 0 Å². The number of hydrogen-bond acceptors (Lipinski definition) is 2. The molecule has 3 rings (SSSR count). The van der Waals surface area contributed by atoms with Gasteiger partial charge in [0.15, 0.2) is 0 Å². The molecule has 3 heteroatoms. The summed E-state index contributed by atoms with van der Waals surface area (Å²) < 4.78 is 0. The Labute approximate surface area is 108 Å². The molecule has 1 saturated carbocycles. The summed E-state index contributed by atoms with van der Waals surface area (Å²) in [5.41, 5.74) is 2.48. The molecule has 0 atom stereocenters. The summed E-state index contributed by atoms with van der Waals surface area (Å²) in [4.78, 5) is 19.3. The molecule has 0 unspecified atom stereocenters. The minimum absolute atomic E-state index is 0.214. The van der Waals surface area contributed by atoms with Gasteiger partial charge in [0.05, 0.1) is 16.8 Å². The molecule has 1 aromatic rings. The van der Waals surface area contributed by atoms with Gasteiger partial charge in [-0.15, -0.1) is 0 Å². The number of anilines is 1. The van der Waals surface area contributed by atoms with Gasteiger partial charge in [-0.1, -0.05) is 25.0 Å². The Hall–Kier alpha value is -1.64. The van der Waals surface area contributed by atoms with Crippen molar-refractivity contribution >= 4 is 23.0 Å². The molecule has 1 spiro atoms. The van der Waals surface area contributed by atoms with Gasteiger partial charge in [0, 0.05) is 12.8 Å². The van der Waals surface area contributed by atoms with Gasteiger partial charge in [-0.05, 0) is 31.9 Å². The molecule has 94 valence electrons. The van der Waals surface area contributed by atoms with Crippen LogP contribution in [0.4, 0.5) is 11.4 Å². The van der Waals surface area contributed by atoms with Crippen LogP contribution in [0.1, 0.15) is 32.6 Å². The van der Waals surface area contributed by atoms with E-state index in [0.29, 0.717) is 0 Å². The maximum atomic E-state index is 12.8. The van der Waals surface area contributed by atoms with Gasteiger partial charge in [-0.2, -0.15) is 0 Å². The third-order valence-electron chi connectivity index (χ3n) is 4.39. The van der Waals surface area contributed by atoms with Crippen LogP contribution >= 0.6 is 0 Å². The third kappa shape index (κ3) is 1.43. The fourth-order valence-corrected chi connectivity index (χ4v) is 3.27. The molecule has 1 aliphatic carbocycles. The van der Waals surface area contributed by atoms with E-state index in [1.165, 1.54) is 0 Å². The molecule has 0 radical (unpaired) electrons. The van der Waals surface area contributed by atoms with E-state index in [1.54, 1.807) is 4.90 Å². The first-order valence-electron chi connectivity index (χ1n) is 6.58. The van der Waals surface area contributed by atoms with Crippen LogP contribution in [0, 0.1) is 5.41 Å². The number of para-hydroxylation sites is 2. The summed E-state index contributed by atoms with van der Waals surface area (Å²) in [6.07, 6.45) is 4.14. The lowest BCUT2D eigenvalue weighted by atomic mass is 9.80. The highest BCUT2D eigenvalue weighted by Crippen LogP contribution is 2.45. The van der Waals surface area contributed by atoms with Crippen LogP contribution in [0.15, 0.2) is 29.3 Å². The van der Waals surface area contributed by atoms with Crippen LogP contribution in [0.2, 0.25) is 0 Å². The second kappa shape index (κ2) is 3.94. The van der Waals surface area contributed by atoms with Crippen LogP contribution in [-0.4, -0.2) is 18.7 Å². The average Bonchev–Trinajstić information content (AvgIpc) is 2.85. The van der Waals surface area contributed by atoms with Crippen molar-refractivity contribution in [1.82, 2.24) is 0 Å². The number of aliphatic imine (C=N–C) groups is 1. The molecular weight excluding hydrogens is 224 g/mol. The lowest BCUT2D eigenvalue weighted by molar-refractivity contribution is -0.124. The van der Waals surface area contributed by atoms with Crippen molar-refractivity contribution in [1.29, 1.82) is 0 Å². The molecule has 1 amide bonds. The van der Waals surface area contributed by atoms with Crippen LogP contribution in [0.25, 0.3) is 0 Å². The van der Waals surface area contributed by atoms with E-state index in [0.717, 1.165) is 42.8 Å². The van der Waals surface area contributed by atoms with Gasteiger partial charge >= 0.3 is 0 Å². The molecule has 1 aliphatic heterocycles. The Morgan fingerprint density at radius 2 is 1.89 bits per heavy atom. The molecule has 0 aromatic heterocycles. The third-order valence-corrected chi connectivity index (χ3v) is 4.39. The first-order chi connectivity index (χ1) is 8.65. The quantitative estimate of drug-likeness (QED) is 0.687. The zero-order chi connectivity index (χ0) is 12.8. The Morgan fingerprint density at radius 3 is 2.61 bits per heavy atom. The number of fused-ring (bicyclic) bond motifs is 1. The number of carbonyl (C=O) groups excluding carboxylic acids is 1. The van der Waals surface area contributed by atoms with Gasteiger partial charge in [-0.3, -0.25) is 9.79 Å². The summed E-state index contributed by atoms with van der Waals surface area (Å²) in [5.74, 6) is 0.214. The number of amides is 1. The second-order valence-electron chi connectivity index (χ2n) is 5.34. The largest absolute Gasteiger partial charge is 0.313 e. The van der Waals surface area contributed by atoms with Gasteiger partial charge in [0.2, 0.25) is 5.91 Å². The Morgan fingerprint density at radius 1 is 1.22 bits per heavy atom. The Bertz CT molecular complexity index is 527. The summed E-state index contributed by atoms with van der Waals surface area (Å²) in [6.45, 7) is 2.01. The molecule has 0 bridgehead atoms. The standard InChI is InChI=1S/C15H18N2O/c1-11-15(9-5-6-10-15)14(18)17(2)13-8-4-3-7-12(13)16-11/h3-4,7-8H,5-6,9-10H2,1-2H3. The number of rotatable bonds is 0. The minimum Gasteiger partial charge on any atom is -0.313 e. The first-order valence-corrected chi connectivity index (χ1v) is 6.58. The molecule has 1 fully saturated rings. The Kier molecular flexibility index (Phi) is 2.51. The number of hydrogen-bond donors (Lipinski definition) is 0. The van der Waals surface area contributed by atoms with Crippen molar-refractivity contribution in [2.75, 3.05) is 11.9 Å². The zero-order valence-electron chi connectivity index (χ0n) is 10.9. The highest BCUT2D eigenvalue weighted by Gasteiger charge is 2.47. The fraction of sp³-hybridized carbons (Fsp3) is 0.467. The topological polar surface area (TPSA) is 32.7 Å². The summed E-state index contributed by atoms with van der Waals surface area (Å²) in [7, 11) is 1.87. The molecular formula is C15H18N2O. The zero-order valence-corrected chi connectivity index (χ0v) is 10.9. The van der Waals surface area contributed by atoms with Gasteiger partial charge < -0.3 is 4.90 Å². The maximum absolute atomic E-state index is 12.8. The van der Waals surface area contributed by atoms with Crippen molar-refractivity contribution in [3.63, 3.8) is 0 Å². The predicted molar refractivity (Wildman–Crippen MR) is 73.5 cm³/mol. The van der Waals surface area contributed by atoms with E-state index in [4.69, 9.17) is 4.99 Å². The van der Waals surface area contributed by atoms with Crippen LogP contribution < -0.4 is 4.90 Å². The molecule has 0 saturated heterocycles. The molecule has 2 aliphatic rings. The van der Waals surface area contributed by atoms with E-state index in [-0.39, 0.29) is 11.3 Å². The van der Waals surface area contributed by atoms with E-state index >= 15 is 0 Å². The summed E-state index contributed by atoms with van der Waals surface area (Å²) >= 11 is 0. The number of benzene rings is 1. The molecule has 1 aromatic carbocycles. The number of nitrogens with zero attached hydrogens (tertiary/aromatic N) is 2. The fourth-order valence-electron chi connectivity index (χ4n) is 3.27. The van der Waals surface area contributed by atoms with E-state index in [9.17, 15) is 4.79 Å². The first kappa shape index (κ1) is 11.5. The van der Waals surface area contributed by atoms with E-state index in [1.807, 2.05) is 38.2 Å². The minimum atomic E-state index is -0.340. The van der Waals surface area contributed by atoms with Crippen molar-refractivity contribution in [2.24, 2.45) is 10.4 Å². The van der Waals surface area contributed by atoms with Crippen LogP contribution in [0.5, 0.6) is 0 Å². The van der Waals surface area contributed by atoms with Crippen molar-refractivity contribution < 1.29 is 4.79 Å².